The maximum absolute atomic E-state index is 12.6. The number of amides is 2. The molecule has 2 amide bonds. The standard InChI is InChI=1S/C20H14ClN3O5S/c1-28-16-7-6-11(8-14(16)20(27)29-10-15-17(21)30-23-22-15)9-24-18(25)12-4-2-3-5-13(12)19(24)26/h2-8H,9-10H2,1H3. The molecule has 2 heterocycles. The van der Waals surface area contributed by atoms with Gasteiger partial charge in [-0.3, -0.25) is 14.5 Å². The summed E-state index contributed by atoms with van der Waals surface area (Å²) in [4.78, 5) is 38.9. The molecule has 0 saturated heterocycles. The smallest absolute Gasteiger partial charge is 0.342 e. The summed E-state index contributed by atoms with van der Waals surface area (Å²) in [5, 5.41) is 3.79. The van der Waals surface area contributed by atoms with E-state index in [-0.39, 0.29) is 30.5 Å². The molecule has 0 atom stereocenters. The van der Waals surface area contributed by atoms with E-state index in [1.165, 1.54) is 13.2 Å². The van der Waals surface area contributed by atoms with Gasteiger partial charge in [0.25, 0.3) is 11.8 Å². The van der Waals surface area contributed by atoms with Gasteiger partial charge >= 0.3 is 5.97 Å². The van der Waals surface area contributed by atoms with Crippen molar-refractivity contribution in [2.75, 3.05) is 7.11 Å². The second kappa shape index (κ2) is 8.21. The van der Waals surface area contributed by atoms with Crippen LogP contribution in [0, 0.1) is 0 Å². The number of imide groups is 1. The molecule has 8 nitrogen and oxygen atoms in total. The molecule has 2 aromatic carbocycles. The molecule has 1 aliphatic heterocycles. The molecule has 0 spiro atoms. The molecule has 0 saturated carbocycles. The molecule has 30 heavy (non-hydrogen) atoms. The lowest BCUT2D eigenvalue weighted by Gasteiger charge is -2.15. The summed E-state index contributed by atoms with van der Waals surface area (Å²) >= 11 is 6.92. The lowest BCUT2D eigenvalue weighted by atomic mass is 10.1. The number of nitrogens with zero attached hydrogens (tertiary/aromatic N) is 3. The summed E-state index contributed by atoms with van der Waals surface area (Å²) in [5.74, 6) is -1.10. The van der Waals surface area contributed by atoms with Gasteiger partial charge in [-0.25, -0.2) is 4.79 Å². The average Bonchev–Trinajstić information content (AvgIpc) is 3.28. The summed E-state index contributed by atoms with van der Waals surface area (Å²) in [6, 6.07) is 11.4. The Labute approximate surface area is 180 Å². The van der Waals surface area contributed by atoms with Crippen LogP contribution in [0.4, 0.5) is 0 Å². The predicted octanol–water partition coefficient (Wildman–Crippen LogP) is 3.35. The van der Waals surface area contributed by atoms with Gasteiger partial charge in [0.2, 0.25) is 0 Å². The third-order valence-electron chi connectivity index (χ3n) is 4.55. The molecule has 0 unspecified atom stereocenters. The number of methoxy groups -OCH3 is 1. The van der Waals surface area contributed by atoms with E-state index in [2.05, 4.69) is 9.59 Å². The van der Waals surface area contributed by atoms with Crippen LogP contribution in [0.2, 0.25) is 4.34 Å². The van der Waals surface area contributed by atoms with E-state index in [1.54, 1.807) is 36.4 Å². The van der Waals surface area contributed by atoms with Gasteiger partial charge in [-0.1, -0.05) is 34.3 Å². The van der Waals surface area contributed by atoms with E-state index in [9.17, 15) is 14.4 Å². The van der Waals surface area contributed by atoms with Gasteiger partial charge in [0.05, 0.1) is 24.8 Å². The van der Waals surface area contributed by atoms with Gasteiger partial charge in [0.15, 0.2) is 0 Å². The lowest BCUT2D eigenvalue weighted by Crippen LogP contribution is -2.29. The highest BCUT2D eigenvalue weighted by Crippen LogP contribution is 2.27. The van der Waals surface area contributed by atoms with E-state index in [0.717, 1.165) is 16.4 Å². The Morgan fingerprint density at radius 3 is 2.43 bits per heavy atom. The SMILES string of the molecule is COc1ccc(CN2C(=O)c3ccccc3C2=O)cc1C(=O)OCc1nnsc1Cl. The monoisotopic (exact) mass is 443 g/mol. The van der Waals surface area contributed by atoms with Crippen molar-refractivity contribution in [1.29, 1.82) is 0 Å². The molecule has 4 rings (SSSR count). The van der Waals surface area contributed by atoms with Crippen LogP contribution in [0.25, 0.3) is 0 Å². The molecule has 0 bridgehead atoms. The quantitative estimate of drug-likeness (QED) is 0.425. The molecule has 0 fully saturated rings. The van der Waals surface area contributed by atoms with E-state index < -0.39 is 5.97 Å². The van der Waals surface area contributed by atoms with Crippen LogP contribution in [-0.2, 0) is 17.9 Å². The van der Waals surface area contributed by atoms with Crippen LogP contribution >= 0.6 is 23.1 Å². The number of hydrogen-bond acceptors (Lipinski definition) is 8. The molecule has 1 aromatic heterocycles. The van der Waals surface area contributed by atoms with E-state index in [0.29, 0.717) is 32.5 Å². The van der Waals surface area contributed by atoms with Crippen molar-refractivity contribution in [3.8, 4) is 5.75 Å². The third kappa shape index (κ3) is 3.64. The fourth-order valence-corrected chi connectivity index (χ4v) is 3.67. The topological polar surface area (TPSA) is 98.7 Å². The highest BCUT2D eigenvalue weighted by atomic mass is 35.5. The number of carbonyl (C=O) groups is 3. The Morgan fingerprint density at radius 2 is 1.83 bits per heavy atom. The van der Waals surface area contributed by atoms with Crippen molar-refractivity contribution < 1.29 is 23.9 Å². The zero-order chi connectivity index (χ0) is 21.3. The molecule has 152 valence electrons. The number of esters is 1. The van der Waals surface area contributed by atoms with Crippen molar-refractivity contribution in [2.24, 2.45) is 0 Å². The van der Waals surface area contributed by atoms with Gasteiger partial charge in [0.1, 0.15) is 28.0 Å². The molecule has 3 aromatic rings. The van der Waals surface area contributed by atoms with Gasteiger partial charge in [-0.2, -0.15) is 0 Å². The highest BCUT2D eigenvalue weighted by molar-refractivity contribution is 7.10. The van der Waals surface area contributed by atoms with Crippen LogP contribution in [0.1, 0.15) is 42.3 Å². The van der Waals surface area contributed by atoms with Crippen molar-refractivity contribution >= 4 is 40.9 Å². The molecule has 10 heteroatoms. The number of hydrogen-bond donors (Lipinski definition) is 0. The van der Waals surface area contributed by atoms with Crippen LogP contribution in [0.15, 0.2) is 42.5 Å². The largest absolute Gasteiger partial charge is 0.496 e. The summed E-state index contributed by atoms with van der Waals surface area (Å²) < 4.78 is 14.5. The van der Waals surface area contributed by atoms with Crippen molar-refractivity contribution in [1.82, 2.24) is 14.5 Å². The van der Waals surface area contributed by atoms with Crippen LogP contribution < -0.4 is 4.74 Å². The van der Waals surface area contributed by atoms with Gasteiger partial charge in [-0.05, 0) is 29.8 Å². The number of halogens is 1. The van der Waals surface area contributed by atoms with Gasteiger partial charge in [-0.15, -0.1) is 5.10 Å². The minimum atomic E-state index is -0.653. The Kier molecular flexibility index (Phi) is 5.47. The first-order valence-electron chi connectivity index (χ1n) is 8.75. The highest BCUT2D eigenvalue weighted by Gasteiger charge is 2.35. The average molecular weight is 444 g/mol. The van der Waals surface area contributed by atoms with Gasteiger partial charge in [0, 0.05) is 11.5 Å². The lowest BCUT2D eigenvalue weighted by molar-refractivity contribution is 0.0464. The number of carbonyl (C=O) groups excluding carboxylic acids is 3. The van der Waals surface area contributed by atoms with Crippen molar-refractivity contribution in [2.45, 2.75) is 13.2 Å². The first kappa shape index (κ1) is 20.0. The second-order valence-corrected chi connectivity index (χ2v) is 7.70. The maximum atomic E-state index is 12.6. The summed E-state index contributed by atoms with van der Waals surface area (Å²) in [6.07, 6.45) is 0. The maximum Gasteiger partial charge on any atom is 0.342 e. The Hall–Kier alpha value is -3.30. The molecule has 0 aliphatic carbocycles. The summed E-state index contributed by atoms with van der Waals surface area (Å²) in [5.41, 5.74) is 1.82. The number of ether oxygens (including phenoxy) is 2. The van der Waals surface area contributed by atoms with Crippen LogP contribution in [-0.4, -0.2) is 39.4 Å². The number of benzene rings is 2. The van der Waals surface area contributed by atoms with Crippen molar-refractivity contribution in [3.05, 3.63) is 74.7 Å². The first-order valence-corrected chi connectivity index (χ1v) is 9.90. The molecular weight excluding hydrogens is 430 g/mol. The van der Waals surface area contributed by atoms with Crippen LogP contribution in [0.3, 0.4) is 0 Å². The minimum Gasteiger partial charge on any atom is -0.496 e. The Bertz CT molecular complexity index is 1130. The van der Waals surface area contributed by atoms with Crippen molar-refractivity contribution in [3.63, 3.8) is 0 Å². The summed E-state index contributed by atoms with van der Waals surface area (Å²) in [7, 11) is 1.43. The fraction of sp³-hybridized carbons (Fsp3) is 0.150. The number of aromatic nitrogens is 2. The first-order chi connectivity index (χ1) is 14.5. The van der Waals surface area contributed by atoms with Gasteiger partial charge < -0.3 is 9.47 Å². The third-order valence-corrected chi connectivity index (χ3v) is 5.54. The molecule has 1 aliphatic rings. The normalized spacial score (nSPS) is 12.8. The fourth-order valence-electron chi connectivity index (χ4n) is 3.07. The Balaban J connectivity index is 1.54. The zero-order valence-electron chi connectivity index (χ0n) is 15.6. The molecule has 0 radical (unpaired) electrons. The van der Waals surface area contributed by atoms with E-state index in [1.807, 2.05) is 0 Å². The number of rotatable bonds is 6. The predicted molar refractivity (Wildman–Crippen MR) is 108 cm³/mol. The van der Waals surface area contributed by atoms with Crippen LogP contribution in [0.5, 0.6) is 5.75 Å². The van der Waals surface area contributed by atoms with E-state index in [4.69, 9.17) is 21.1 Å². The Morgan fingerprint density at radius 1 is 1.13 bits per heavy atom. The second-order valence-electron chi connectivity index (χ2n) is 6.35. The molecule has 0 N–H and O–H groups in total. The van der Waals surface area contributed by atoms with E-state index >= 15 is 0 Å². The minimum absolute atomic E-state index is 0.0124. The number of fused-ring (bicyclic) bond motifs is 1. The summed E-state index contributed by atoms with van der Waals surface area (Å²) in [6.45, 7) is -0.127. The molecular formula is C20H14ClN3O5S. The zero-order valence-corrected chi connectivity index (χ0v) is 17.2.